The second kappa shape index (κ2) is 3.28. The maximum absolute atomic E-state index is 11.7. The molecule has 12 heavy (non-hydrogen) atoms. The zero-order valence-electron chi connectivity index (χ0n) is 5.67. The molecule has 0 radical (unpaired) electrons. The molecule has 1 rings (SSSR count). The quantitative estimate of drug-likeness (QED) is 0.706. The minimum absolute atomic E-state index is 0.0415. The summed E-state index contributed by atoms with van der Waals surface area (Å²) in [5, 5.41) is 11.8. The molecule has 7 heteroatoms. The van der Waals surface area contributed by atoms with Crippen molar-refractivity contribution in [2.45, 2.75) is 12.4 Å². The summed E-state index contributed by atoms with van der Waals surface area (Å²) in [5.41, 5.74) is 0. The predicted octanol–water partition coefficient (Wildman–Crippen LogP) is 1.44. The van der Waals surface area contributed by atoms with Gasteiger partial charge in [-0.25, -0.2) is 4.98 Å². The first-order valence-electron chi connectivity index (χ1n) is 2.91. The first kappa shape index (κ1) is 9.27. The van der Waals surface area contributed by atoms with E-state index in [-0.39, 0.29) is 5.13 Å². The minimum atomic E-state index is -4.66. The van der Waals surface area contributed by atoms with Crippen LogP contribution in [-0.2, 0) is 0 Å². The van der Waals surface area contributed by atoms with E-state index < -0.39 is 12.4 Å². The Labute approximate surface area is 69.9 Å². The number of aromatic nitrogens is 1. The standard InChI is InChI=1S/C5H5F3N2OS/c6-5(7,8)3(11)10-4-9-1-2-12-4/h1-3,11H,(H,9,10)/t3-/m1/s1. The van der Waals surface area contributed by atoms with Crippen LogP contribution in [0.3, 0.4) is 0 Å². The zero-order chi connectivity index (χ0) is 9.19. The minimum Gasteiger partial charge on any atom is -0.366 e. The lowest BCUT2D eigenvalue weighted by Crippen LogP contribution is -2.35. The smallest absolute Gasteiger partial charge is 0.366 e. The number of halogens is 3. The highest BCUT2D eigenvalue weighted by molar-refractivity contribution is 7.13. The van der Waals surface area contributed by atoms with Crippen LogP contribution in [0, 0.1) is 0 Å². The topological polar surface area (TPSA) is 45.1 Å². The van der Waals surface area contributed by atoms with Gasteiger partial charge in [0.2, 0.25) is 6.23 Å². The molecule has 0 bridgehead atoms. The first-order valence-corrected chi connectivity index (χ1v) is 3.79. The van der Waals surface area contributed by atoms with Crippen LogP contribution in [0.15, 0.2) is 11.6 Å². The van der Waals surface area contributed by atoms with Crippen molar-refractivity contribution < 1.29 is 18.3 Å². The molecule has 1 heterocycles. The van der Waals surface area contributed by atoms with E-state index in [0.717, 1.165) is 11.3 Å². The highest BCUT2D eigenvalue weighted by atomic mass is 32.1. The van der Waals surface area contributed by atoms with Gasteiger partial charge in [0, 0.05) is 11.6 Å². The van der Waals surface area contributed by atoms with E-state index in [1.54, 1.807) is 5.32 Å². The summed E-state index contributed by atoms with van der Waals surface area (Å²) in [4.78, 5) is 3.52. The van der Waals surface area contributed by atoms with Crippen LogP contribution in [0.5, 0.6) is 0 Å². The lowest BCUT2D eigenvalue weighted by atomic mass is 10.5. The molecule has 0 unspecified atom stereocenters. The molecule has 0 fully saturated rings. The van der Waals surface area contributed by atoms with Crippen LogP contribution in [0.25, 0.3) is 0 Å². The summed E-state index contributed by atoms with van der Waals surface area (Å²) < 4.78 is 35.1. The van der Waals surface area contributed by atoms with Gasteiger partial charge in [0.15, 0.2) is 5.13 Å². The molecule has 1 aromatic heterocycles. The van der Waals surface area contributed by atoms with Crippen molar-refractivity contribution in [3.05, 3.63) is 11.6 Å². The van der Waals surface area contributed by atoms with Gasteiger partial charge in [0.1, 0.15) is 0 Å². The SMILES string of the molecule is O[C@@H](Nc1nccs1)C(F)(F)F. The molecule has 0 aromatic carbocycles. The molecule has 0 saturated carbocycles. The molecule has 68 valence electrons. The number of alkyl halides is 3. The van der Waals surface area contributed by atoms with Crippen molar-refractivity contribution in [2.24, 2.45) is 0 Å². The van der Waals surface area contributed by atoms with Crippen LogP contribution >= 0.6 is 11.3 Å². The van der Waals surface area contributed by atoms with E-state index in [1.807, 2.05) is 0 Å². The molecule has 2 N–H and O–H groups in total. The highest BCUT2D eigenvalue weighted by Crippen LogP contribution is 2.22. The Morgan fingerprint density at radius 1 is 1.58 bits per heavy atom. The molecule has 1 aromatic rings. The number of rotatable bonds is 2. The first-order chi connectivity index (χ1) is 5.50. The lowest BCUT2D eigenvalue weighted by Gasteiger charge is -2.14. The summed E-state index contributed by atoms with van der Waals surface area (Å²) in [6.07, 6.45) is -5.87. The molecule has 0 saturated heterocycles. The average molecular weight is 198 g/mol. The number of anilines is 1. The number of aliphatic hydroxyl groups is 1. The van der Waals surface area contributed by atoms with E-state index in [0.29, 0.717) is 0 Å². The molecule has 0 spiro atoms. The van der Waals surface area contributed by atoms with Crippen molar-refractivity contribution in [3.8, 4) is 0 Å². The monoisotopic (exact) mass is 198 g/mol. The molecular formula is C5H5F3N2OS. The maximum atomic E-state index is 11.7. The number of hydrogen-bond acceptors (Lipinski definition) is 4. The van der Waals surface area contributed by atoms with Gasteiger partial charge in [-0.1, -0.05) is 0 Å². The fraction of sp³-hybridized carbons (Fsp3) is 0.400. The molecule has 0 amide bonds. The Morgan fingerprint density at radius 2 is 2.25 bits per heavy atom. The van der Waals surface area contributed by atoms with Crippen molar-refractivity contribution in [3.63, 3.8) is 0 Å². The largest absolute Gasteiger partial charge is 0.433 e. The second-order valence-corrected chi connectivity index (χ2v) is 2.82. The van der Waals surface area contributed by atoms with Gasteiger partial charge in [-0.3, -0.25) is 0 Å². The van der Waals surface area contributed by atoms with E-state index in [2.05, 4.69) is 4.98 Å². The lowest BCUT2D eigenvalue weighted by molar-refractivity contribution is -0.194. The Bertz CT molecular complexity index is 235. The average Bonchev–Trinajstić information content (AvgIpc) is 2.37. The number of thiazole rings is 1. The van der Waals surface area contributed by atoms with Crippen LogP contribution in [0.1, 0.15) is 0 Å². The number of nitrogens with one attached hydrogen (secondary N) is 1. The van der Waals surface area contributed by atoms with Gasteiger partial charge >= 0.3 is 6.18 Å². The Hall–Kier alpha value is -0.820. The summed E-state index contributed by atoms with van der Waals surface area (Å²) in [6, 6.07) is 0. The van der Waals surface area contributed by atoms with Gasteiger partial charge in [0.25, 0.3) is 0 Å². The van der Waals surface area contributed by atoms with Crippen molar-refractivity contribution in [2.75, 3.05) is 5.32 Å². The van der Waals surface area contributed by atoms with Crippen LogP contribution in [0.2, 0.25) is 0 Å². The fourth-order valence-corrected chi connectivity index (χ4v) is 1.05. The van der Waals surface area contributed by atoms with Gasteiger partial charge in [0.05, 0.1) is 0 Å². The molecule has 0 aliphatic rings. The fourth-order valence-electron chi connectivity index (χ4n) is 0.494. The number of hydrogen-bond donors (Lipinski definition) is 2. The van der Waals surface area contributed by atoms with Crippen molar-refractivity contribution in [1.29, 1.82) is 0 Å². The predicted molar refractivity (Wildman–Crippen MR) is 37.8 cm³/mol. The van der Waals surface area contributed by atoms with Gasteiger partial charge in [-0.15, -0.1) is 11.3 Å². The normalized spacial score (nSPS) is 14.3. The molecule has 1 atom stereocenters. The molecule has 0 aliphatic heterocycles. The van der Waals surface area contributed by atoms with E-state index in [1.165, 1.54) is 11.6 Å². The van der Waals surface area contributed by atoms with E-state index >= 15 is 0 Å². The van der Waals surface area contributed by atoms with Crippen LogP contribution in [-0.4, -0.2) is 22.5 Å². The number of aliphatic hydroxyl groups excluding tert-OH is 1. The maximum Gasteiger partial charge on any atom is 0.433 e. The third-order valence-corrected chi connectivity index (χ3v) is 1.71. The summed E-state index contributed by atoms with van der Waals surface area (Å²) >= 11 is 0.985. The summed E-state index contributed by atoms with van der Waals surface area (Å²) in [7, 11) is 0. The van der Waals surface area contributed by atoms with E-state index in [4.69, 9.17) is 5.11 Å². The molecular weight excluding hydrogens is 193 g/mol. The summed E-state index contributed by atoms with van der Waals surface area (Å²) in [6.45, 7) is 0. The molecule has 3 nitrogen and oxygen atoms in total. The highest BCUT2D eigenvalue weighted by Gasteiger charge is 2.38. The molecule has 0 aliphatic carbocycles. The Morgan fingerprint density at radius 3 is 2.67 bits per heavy atom. The number of nitrogens with zero attached hydrogens (tertiary/aromatic N) is 1. The van der Waals surface area contributed by atoms with Crippen molar-refractivity contribution >= 4 is 16.5 Å². The third kappa shape index (κ3) is 2.35. The third-order valence-electron chi connectivity index (χ3n) is 1.00. The van der Waals surface area contributed by atoms with Gasteiger partial charge in [-0.05, 0) is 0 Å². The zero-order valence-corrected chi connectivity index (χ0v) is 6.49. The van der Waals surface area contributed by atoms with E-state index in [9.17, 15) is 13.2 Å². The van der Waals surface area contributed by atoms with Gasteiger partial charge in [-0.2, -0.15) is 13.2 Å². The van der Waals surface area contributed by atoms with Crippen LogP contribution in [0.4, 0.5) is 18.3 Å². The van der Waals surface area contributed by atoms with Gasteiger partial charge < -0.3 is 10.4 Å². The Kier molecular flexibility index (Phi) is 2.53. The summed E-state index contributed by atoms with van der Waals surface area (Å²) in [5.74, 6) is 0. The second-order valence-electron chi connectivity index (χ2n) is 1.93. The van der Waals surface area contributed by atoms with Crippen LogP contribution < -0.4 is 5.32 Å². The Balaban J connectivity index is 2.53. The van der Waals surface area contributed by atoms with Crippen molar-refractivity contribution in [1.82, 2.24) is 4.98 Å².